The predicted molar refractivity (Wildman–Crippen MR) is 135 cm³/mol. The third-order valence-electron chi connectivity index (χ3n) is 4.21. The van der Waals surface area contributed by atoms with Crippen molar-refractivity contribution in [2.45, 2.75) is 119 Å². The molecule has 0 heterocycles. The van der Waals surface area contributed by atoms with Crippen molar-refractivity contribution in [2.75, 3.05) is 13.2 Å². The van der Waals surface area contributed by atoms with E-state index in [9.17, 15) is 0 Å². The van der Waals surface area contributed by atoms with E-state index in [2.05, 4.69) is 80.8 Å². The van der Waals surface area contributed by atoms with Crippen LogP contribution in [0.25, 0.3) is 0 Å². The van der Waals surface area contributed by atoms with E-state index < -0.39 is 25.2 Å². The molecule has 0 radical (unpaired) electrons. The molecule has 0 saturated heterocycles. The standard InChI is InChI=1S/C14H36O2Si3.C8H18O/c1-9-11-13-17(3,4)15-19(7,8)16-18(5,6)14-12-10-2;1-7(2)5-9-6-8(3)4/h9-14H2,1-8H3;7-8H,5-6H2,1-4H3. The van der Waals surface area contributed by atoms with Crippen LogP contribution < -0.4 is 0 Å². The smallest absolute Gasteiger partial charge is 0.311 e. The molecule has 0 aromatic carbocycles. The summed E-state index contributed by atoms with van der Waals surface area (Å²) in [5.74, 6) is 1.34. The third kappa shape index (κ3) is 21.2. The van der Waals surface area contributed by atoms with E-state index in [-0.39, 0.29) is 0 Å². The molecule has 0 bridgehead atoms. The van der Waals surface area contributed by atoms with E-state index in [4.69, 9.17) is 13.0 Å². The molecule has 0 atom stereocenters. The van der Waals surface area contributed by atoms with Crippen LogP contribution in [0.4, 0.5) is 0 Å². The number of rotatable bonds is 14. The Hall–Kier alpha value is 0.531. The van der Waals surface area contributed by atoms with Crippen LogP contribution in [0.15, 0.2) is 0 Å². The molecule has 0 aliphatic heterocycles. The lowest BCUT2D eigenvalue weighted by Crippen LogP contribution is -2.52. The van der Waals surface area contributed by atoms with Gasteiger partial charge in [0.15, 0.2) is 16.6 Å². The van der Waals surface area contributed by atoms with Crippen molar-refractivity contribution < 1.29 is 13.0 Å². The minimum absolute atomic E-state index is 0.670. The van der Waals surface area contributed by atoms with E-state index >= 15 is 0 Å². The molecule has 0 spiro atoms. The molecule has 0 unspecified atom stereocenters. The number of ether oxygens (including phenoxy) is 1. The van der Waals surface area contributed by atoms with Crippen molar-refractivity contribution in [3.63, 3.8) is 0 Å². The van der Waals surface area contributed by atoms with E-state index in [1.807, 2.05) is 0 Å². The molecule has 6 heteroatoms. The maximum absolute atomic E-state index is 6.53. The Morgan fingerprint density at radius 3 is 1.18 bits per heavy atom. The first kappa shape index (κ1) is 30.7. The first-order valence-corrected chi connectivity index (χ1v) is 20.7. The van der Waals surface area contributed by atoms with Crippen molar-refractivity contribution in [2.24, 2.45) is 11.8 Å². The molecule has 0 amide bonds. The summed E-state index contributed by atoms with van der Waals surface area (Å²) in [5.41, 5.74) is 0. The highest BCUT2D eigenvalue weighted by Crippen LogP contribution is 2.26. The van der Waals surface area contributed by atoms with Gasteiger partial charge in [0.1, 0.15) is 0 Å². The van der Waals surface area contributed by atoms with Crippen molar-refractivity contribution in [3.8, 4) is 0 Å². The summed E-state index contributed by atoms with van der Waals surface area (Å²) in [6.45, 7) is 28.9. The Balaban J connectivity index is 0. The lowest BCUT2D eigenvalue weighted by molar-refractivity contribution is 0.0886. The van der Waals surface area contributed by atoms with Gasteiger partial charge >= 0.3 is 8.56 Å². The van der Waals surface area contributed by atoms with Crippen molar-refractivity contribution in [3.05, 3.63) is 0 Å². The Bertz CT molecular complexity index is 338. The third-order valence-corrected chi connectivity index (χ3v) is 15.7. The summed E-state index contributed by atoms with van der Waals surface area (Å²) in [6.07, 6.45) is 5.11. The first-order chi connectivity index (χ1) is 12.7. The first-order valence-electron chi connectivity index (χ1n) is 11.6. The second-order valence-electron chi connectivity index (χ2n) is 10.7. The quantitative estimate of drug-likeness (QED) is 0.250. The lowest BCUT2D eigenvalue weighted by Gasteiger charge is -2.38. The molecule has 0 fully saturated rings. The highest BCUT2D eigenvalue weighted by molar-refractivity contribution is 6.87. The van der Waals surface area contributed by atoms with E-state index in [1.165, 1.54) is 37.8 Å². The fourth-order valence-electron chi connectivity index (χ4n) is 3.20. The Kier molecular flexibility index (Phi) is 16.8. The summed E-state index contributed by atoms with van der Waals surface area (Å²) in [5, 5.41) is 0. The largest absolute Gasteiger partial charge is 0.437 e. The normalized spacial score (nSPS) is 13.1. The Morgan fingerprint density at radius 1 is 0.607 bits per heavy atom. The summed E-state index contributed by atoms with van der Waals surface area (Å²) in [6, 6.07) is 2.53. The molecular formula is C22H54O3Si3. The second-order valence-corrected chi connectivity index (χ2v) is 23.1. The van der Waals surface area contributed by atoms with E-state index in [0.29, 0.717) is 11.8 Å². The Morgan fingerprint density at radius 2 is 0.929 bits per heavy atom. The summed E-state index contributed by atoms with van der Waals surface area (Å²) < 4.78 is 18.4. The Labute approximate surface area is 181 Å². The van der Waals surface area contributed by atoms with Gasteiger partial charge in [-0.25, -0.2) is 0 Å². The predicted octanol–water partition coefficient (Wildman–Crippen LogP) is 8.05. The molecule has 0 N–H and O–H groups in total. The zero-order valence-corrected chi connectivity index (χ0v) is 24.5. The van der Waals surface area contributed by atoms with Gasteiger partial charge in [0, 0.05) is 13.2 Å². The number of hydrogen-bond acceptors (Lipinski definition) is 3. The van der Waals surface area contributed by atoms with Crippen LogP contribution >= 0.6 is 0 Å². The number of unbranched alkanes of at least 4 members (excludes halogenated alkanes) is 2. The van der Waals surface area contributed by atoms with E-state index in [0.717, 1.165) is 13.2 Å². The van der Waals surface area contributed by atoms with E-state index in [1.54, 1.807) is 0 Å². The second kappa shape index (κ2) is 15.3. The molecule has 172 valence electrons. The zero-order valence-electron chi connectivity index (χ0n) is 21.5. The van der Waals surface area contributed by atoms with Gasteiger partial charge in [-0.05, 0) is 63.2 Å². The lowest BCUT2D eigenvalue weighted by atomic mass is 10.2. The van der Waals surface area contributed by atoms with Gasteiger partial charge in [-0.2, -0.15) is 0 Å². The van der Waals surface area contributed by atoms with Gasteiger partial charge < -0.3 is 13.0 Å². The fourth-order valence-corrected chi connectivity index (χ4v) is 17.6. The molecule has 0 aliphatic rings. The van der Waals surface area contributed by atoms with Crippen molar-refractivity contribution >= 4 is 25.2 Å². The van der Waals surface area contributed by atoms with Crippen LogP contribution in [0.1, 0.15) is 67.2 Å². The monoisotopic (exact) mass is 450 g/mol. The molecule has 3 nitrogen and oxygen atoms in total. The topological polar surface area (TPSA) is 27.7 Å². The van der Waals surface area contributed by atoms with Crippen molar-refractivity contribution in [1.82, 2.24) is 0 Å². The molecular weight excluding hydrogens is 396 g/mol. The van der Waals surface area contributed by atoms with Crippen LogP contribution in [0, 0.1) is 11.8 Å². The minimum Gasteiger partial charge on any atom is -0.437 e. The van der Waals surface area contributed by atoms with Gasteiger partial charge in [-0.15, -0.1) is 0 Å². The highest BCUT2D eigenvalue weighted by Gasteiger charge is 2.38. The minimum atomic E-state index is -1.95. The maximum atomic E-state index is 6.53. The maximum Gasteiger partial charge on any atom is 0.311 e. The molecule has 0 saturated carbocycles. The average Bonchev–Trinajstić information content (AvgIpc) is 2.48. The number of hydrogen-bond donors (Lipinski definition) is 0. The van der Waals surface area contributed by atoms with Gasteiger partial charge in [-0.3, -0.25) is 0 Å². The zero-order chi connectivity index (χ0) is 22.4. The van der Waals surface area contributed by atoms with Gasteiger partial charge in [0.2, 0.25) is 0 Å². The van der Waals surface area contributed by atoms with Crippen LogP contribution in [0.2, 0.25) is 51.4 Å². The van der Waals surface area contributed by atoms with Crippen LogP contribution in [0.5, 0.6) is 0 Å². The van der Waals surface area contributed by atoms with Crippen molar-refractivity contribution in [1.29, 1.82) is 0 Å². The van der Waals surface area contributed by atoms with Gasteiger partial charge in [-0.1, -0.05) is 67.2 Å². The molecule has 0 rings (SSSR count). The molecule has 28 heavy (non-hydrogen) atoms. The van der Waals surface area contributed by atoms with Crippen LogP contribution in [0.3, 0.4) is 0 Å². The summed E-state index contributed by atoms with van der Waals surface area (Å²) in [7, 11) is -5.01. The summed E-state index contributed by atoms with van der Waals surface area (Å²) in [4.78, 5) is 0. The summed E-state index contributed by atoms with van der Waals surface area (Å²) >= 11 is 0. The SMILES string of the molecule is CC(C)COCC(C)C.CCCC[Si](C)(C)O[Si](C)(C)O[Si](C)(C)CCCC. The van der Waals surface area contributed by atoms with Gasteiger partial charge in [0.05, 0.1) is 0 Å². The molecule has 0 aromatic heterocycles. The van der Waals surface area contributed by atoms with Crippen LogP contribution in [-0.4, -0.2) is 38.4 Å². The molecule has 0 aromatic rings. The van der Waals surface area contributed by atoms with Gasteiger partial charge in [0.25, 0.3) is 0 Å². The molecule has 0 aliphatic carbocycles. The fraction of sp³-hybridized carbons (Fsp3) is 1.00. The average molecular weight is 451 g/mol. The van der Waals surface area contributed by atoms with Crippen LogP contribution in [-0.2, 0) is 13.0 Å². The highest BCUT2D eigenvalue weighted by atomic mass is 28.5.